The fourth-order valence-corrected chi connectivity index (χ4v) is 5.32. The fraction of sp³-hybridized carbons (Fsp3) is 0.381. The Labute approximate surface area is 202 Å². The summed E-state index contributed by atoms with van der Waals surface area (Å²) in [6.45, 7) is 7.29. The van der Waals surface area contributed by atoms with Gasteiger partial charge in [-0.2, -0.15) is 0 Å². The van der Waals surface area contributed by atoms with E-state index in [9.17, 15) is 14.7 Å². The molecule has 3 rings (SSSR count). The van der Waals surface area contributed by atoms with E-state index >= 15 is 0 Å². The minimum atomic E-state index is -1.14. The van der Waals surface area contributed by atoms with Crippen LogP contribution >= 0.6 is 38.9 Å². The predicted molar refractivity (Wildman–Crippen MR) is 128 cm³/mol. The molecule has 0 radical (unpaired) electrons. The van der Waals surface area contributed by atoms with Gasteiger partial charge in [-0.1, -0.05) is 11.6 Å². The minimum absolute atomic E-state index is 0.0270. The van der Waals surface area contributed by atoms with Crippen LogP contribution < -0.4 is 10.2 Å². The van der Waals surface area contributed by atoms with Gasteiger partial charge in [0.25, 0.3) is 0 Å². The number of alkyl carbamates (subject to hydrolysis) is 1. The molecule has 32 heavy (non-hydrogen) atoms. The maximum Gasteiger partial charge on any atom is 0.412 e. The largest absolute Gasteiger partial charge is 0.467 e. The zero-order valence-corrected chi connectivity index (χ0v) is 21.1. The van der Waals surface area contributed by atoms with Gasteiger partial charge < -0.3 is 19.6 Å². The van der Waals surface area contributed by atoms with E-state index in [2.05, 4.69) is 26.2 Å². The molecule has 8 nitrogen and oxygen atoms in total. The lowest BCUT2D eigenvalue weighted by atomic mass is 10.2. The van der Waals surface area contributed by atoms with Gasteiger partial charge in [0, 0.05) is 23.4 Å². The van der Waals surface area contributed by atoms with E-state index in [4.69, 9.17) is 20.8 Å². The van der Waals surface area contributed by atoms with E-state index in [1.807, 2.05) is 6.92 Å². The average molecular weight is 545 g/mol. The number of nitrogens with zero attached hydrogens (tertiary/aromatic N) is 2. The van der Waals surface area contributed by atoms with Gasteiger partial charge in [-0.25, -0.2) is 14.6 Å². The van der Waals surface area contributed by atoms with Crippen molar-refractivity contribution in [3.05, 3.63) is 44.7 Å². The van der Waals surface area contributed by atoms with Crippen LogP contribution in [-0.4, -0.2) is 33.9 Å². The molecule has 0 aliphatic heterocycles. The van der Waals surface area contributed by atoms with Crippen LogP contribution in [0.3, 0.4) is 0 Å². The van der Waals surface area contributed by atoms with E-state index in [1.54, 1.807) is 32.9 Å². The Morgan fingerprint density at radius 2 is 2.16 bits per heavy atom. The van der Waals surface area contributed by atoms with Crippen LogP contribution in [0.2, 0.25) is 5.15 Å². The molecule has 3 aromatic heterocycles. The molecule has 0 fully saturated rings. The Hall–Kier alpha value is -2.30. The number of carbonyl (C=O) groups is 2. The van der Waals surface area contributed by atoms with Crippen molar-refractivity contribution in [2.75, 3.05) is 4.90 Å². The smallest absolute Gasteiger partial charge is 0.412 e. The number of fused-ring (bicyclic) bond motifs is 1. The Bertz CT molecular complexity index is 1130. The first-order valence-electron chi connectivity index (χ1n) is 9.74. The minimum Gasteiger partial charge on any atom is -0.467 e. The average Bonchev–Trinajstić information content (AvgIpc) is 3.26. The second kappa shape index (κ2) is 9.68. The van der Waals surface area contributed by atoms with E-state index < -0.39 is 17.8 Å². The summed E-state index contributed by atoms with van der Waals surface area (Å²) in [5.74, 6) is 0.500. The van der Waals surface area contributed by atoms with Crippen LogP contribution in [0.15, 0.2) is 33.4 Å². The van der Waals surface area contributed by atoms with E-state index in [0.717, 1.165) is 4.88 Å². The van der Waals surface area contributed by atoms with Crippen molar-refractivity contribution >= 4 is 67.0 Å². The van der Waals surface area contributed by atoms with Crippen LogP contribution in [0.4, 0.5) is 15.3 Å². The highest BCUT2D eigenvalue weighted by molar-refractivity contribution is 9.10. The van der Waals surface area contributed by atoms with Gasteiger partial charge in [-0.15, -0.1) is 11.3 Å². The zero-order valence-electron chi connectivity index (χ0n) is 17.9. The van der Waals surface area contributed by atoms with Crippen molar-refractivity contribution in [1.29, 1.82) is 0 Å². The SMILES string of the molecule is C[C@@H](Cc1sc2c(N(Cc3ccco3)C(=O)O)cc(Cl)nc2c1Br)NC(=O)OC(C)(C)C. The van der Waals surface area contributed by atoms with Crippen LogP contribution in [0.25, 0.3) is 10.2 Å². The van der Waals surface area contributed by atoms with Crippen molar-refractivity contribution in [3.8, 4) is 0 Å². The Balaban J connectivity index is 1.91. The molecule has 0 saturated carbocycles. The molecule has 0 aliphatic rings. The second-order valence-corrected chi connectivity index (χ2v) is 10.5. The fourth-order valence-electron chi connectivity index (χ4n) is 3.02. The lowest BCUT2D eigenvalue weighted by Gasteiger charge is -2.21. The molecule has 1 atom stereocenters. The molecule has 0 aromatic carbocycles. The van der Waals surface area contributed by atoms with Crippen LogP contribution in [0.5, 0.6) is 0 Å². The number of carbonyl (C=O) groups excluding carboxylic acids is 1. The van der Waals surface area contributed by atoms with Crippen molar-refractivity contribution < 1.29 is 23.8 Å². The molecule has 3 aromatic rings. The number of furan rings is 1. The first kappa shape index (κ1) is 24.3. The third-order valence-electron chi connectivity index (χ3n) is 4.27. The van der Waals surface area contributed by atoms with Gasteiger partial charge in [-0.05, 0) is 55.8 Å². The Morgan fingerprint density at radius 3 is 2.75 bits per heavy atom. The van der Waals surface area contributed by atoms with Crippen molar-refractivity contribution in [2.24, 2.45) is 0 Å². The van der Waals surface area contributed by atoms with Crippen molar-refractivity contribution in [2.45, 2.75) is 52.3 Å². The van der Waals surface area contributed by atoms with Gasteiger partial charge in [0.15, 0.2) is 0 Å². The molecule has 3 heterocycles. The number of ether oxygens (including phenoxy) is 1. The molecule has 172 valence electrons. The number of thiophene rings is 1. The highest BCUT2D eigenvalue weighted by Crippen LogP contribution is 2.42. The number of amides is 2. The molecule has 2 amide bonds. The lowest BCUT2D eigenvalue weighted by Crippen LogP contribution is -2.38. The number of hydrogen-bond donors (Lipinski definition) is 2. The molecular formula is C21H23BrClN3O5S. The topological polar surface area (TPSA) is 105 Å². The number of aromatic nitrogens is 1. The monoisotopic (exact) mass is 543 g/mol. The third-order valence-corrected chi connectivity index (χ3v) is 6.80. The highest BCUT2D eigenvalue weighted by atomic mass is 79.9. The maximum absolute atomic E-state index is 12.1. The highest BCUT2D eigenvalue weighted by Gasteiger charge is 2.25. The van der Waals surface area contributed by atoms with Gasteiger partial charge in [0.1, 0.15) is 16.5 Å². The molecule has 2 N–H and O–H groups in total. The van der Waals surface area contributed by atoms with E-state index in [1.165, 1.54) is 28.6 Å². The van der Waals surface area contributed by atoms with Crippen LogP contribution in [-0.2, 0) is 17.7 Å². The van der Waals surface area contributed by atoms with Crippen molar-refractivity contribution in [1.82, 2.24) is 10.3 Å². The quantitative estimate of drug-likeness (QED) is 0.346. The van der Waals surface area contributed by atoms with Gasteiger partial charge in [0.2, 0.25) is 0 Å². The number of rotatable bonds is 6. The van der Waals surface area contributed by atoms with Gasteiger partial charge in [-0.3, -0.25) is 4.90 Å². The molecule has 0 spiro atoms. The summed E-state index contributed by atoms with van der Waals surface area (Å²) in [4.78, 5) is 30.6. The summed E-state index contributed by atoms with van der Waals surface area (Å²) in [6.07, 6.45) is 0.336. The Morgan fingerprint density at radius 1 is 1.44 bits per heavy atom. The number of anilines is 1. The van der Waals surface area contributed by atoms with Crippen molar-refractivity contribution in [3.63, 3.8) is 0 Å². The predicted octanol–water partition coefficient (Wildman–Crippen LogP) is 6.45. The van der Waals surface area contributed by atoms with E-state index in [-0.39, 0.29) is 17.7 Å². The zero-order chi connectivity index (χ0) is 23.6. The summed E-state index contributed by atoms with van der Waals surface area (Å²) in [5.41, 5.74) is 0.377. The Kier molecular flexibility index (Phi) is 7.36. The second-order valence-electron chi connectivity index (χ2n) is 8.18. The number of nitrogens with one attached hydrogen (secondary N) is 1. The first-order chi connectivity index (χ1) is 14.9. The molecule has 0 bridgehead atoms. The number of carboxylic acid groups (broad SMARTS) is 1. The first-order valence-corrected chi connectivity index (χ1v) is 11.7. The van der Waals surface area contributed by atoms with E-state index in [0.29, 0.717) is 32.6 Å². The molecular weight excluding hydrogens is 522 g/mol. The lowest BCUT2D eigenvalue weighted by molar-refractivity contribution is 0.0508. The molecule has 0 unspecified atom stereocenters. The summed E-state index contributed by atoms with van der Waals surface area (Å²) >= 11 is 11.2. The number of hydrogen-bond acceptors (Lipinski definition) is 6. The molecule has 11 heteroatoms. The van der Waals surface area contributed by atoms with Crippen LogP contribution in [0.1, 0.15) is 38.3 Å². The number of pyridine rings is 1. The van der Waals surface area contributed by atoms with Crippen LogP contribution in [0, 0.1) is 0 Å². The summed E-state index contributed by atoms with van der Waals surface area (Å²) in [5, 5.41) is 12.8. The normalized spacial score (nSPS) is 12.6. The number of halogens is 2. The van der Waals surface area contributed by atoms with Gasteiger partial charge in [0.05, 0.1) is 33.2 Å². The summed E-state index contributed by atoms with van der Waals surface area (Å²) in [7, 11) is 0. The third kappa shape index (κ3) is 5.93. The summed E-state index contributed by atoms with van der Waals surface area (Å²) in [6, 6.07) is 4.70. The molecule has 0 saturated heterocycles. The standard InChI is InChI=1S/C21H23BrClN3O5S/c1-11(24-19(27)31-21(2,3)4)8-14-16(22)17-18(32-14)13(9-15(23)25-17)26(20(28)29)10-12-6-5-7-30-12/h5-7,9,11H,8,10H2,1-4H3,(H,24,27)(H,28,29)/t11-/m0/s1. The molecule has 0 aliphatic carbocycles. The maximum atomic E-state index is 12.1. The van der Waals surface area contributed by atoms with Gasteiger partial charge >= 0.3 is 12.2 Å². The summed E-state index contributed by atoms with van der Waals surface area (Å²) < 4.78 is 12.0.